The van der Waals surface area contributed by atoms with Gasteiger partial charge in [0.05, 0.1) is 25.2 Å². The van der Waals surface area contributed by atoms with E-state index in [4.69, 9.17) is 9.47 Å². The zero-order chi connectivity index (χ0) is 34.0. The first-order valence-corrected chi connectivity index (χ1v) is 17.2. The molecule has 1 unspecified atom stereocenters. The van der Waals surface area contributed by atoms with Crippen molar-refractivity contribution in [3.05, 3.63) is 124 Å². The Morgan fingerprint density at radius 3 is 2.40 bits per heavy atom. The summed E-state index contributed by atoms with van der Waals surface area (Å²) in [5, 5.41) is 10.5. The molecule has 5 aromatic rings. The van der Waals surface area contributed by atoms with Crippen LogP contribution in [0.2, 0.25) is 0 Å². The number of methoxy groups -OCH3 is 2. The minimum atomic E-state index is -0.553. The number of hydrogen-bond acceptors (Lipinski definition) is 8. The van der Waals surface area contributed by atoms with E-state index in [1.54, 1.807) is 73.7 Å². The number of benzene rings is 4. The third kappa shape index (κ3) is 9.12. The number of ether oxygens (including phenoxy) is 2. The zero-order valence-corrected chi connectivity index (χ0v) is 29.4. The summed E-state index contributed by atoms with van der Waals surface area (Å²) < 4.78 is 11.8. The van der Waals surface area contributed by atoms with Crippen molar-refractivity contribution >= 4 is 73.6 Å². The van der Waals surface area contributed by atoms with Crippen molar-refractivity contribution in [1.29, 1.82) is 0 Å². The molecule has 1 atom stereocenters. The van der Waals surface area contributed by atoms with E-state index in [0.29, 0.717) is 33.4 Å². The first-order chi connectivity index (χ1) is 23.2. The van der Waals surface area contributed by atoms with Gasteiger partial charge in [0.2, 0.25) is 5.91 Å². The fourth-order valence-electron chi connectivity index (χ4n) is 4.44. The number of halogens is 1. The second-order valence-electron chi connectivity index (χ2n) is 10.3. The molecular weight excluding hydrogens is 712 g/mol. The van der Waals surface area contributed by atoms with Crippen LogP contribution in [0.1, 0.15) is 22.8 Å². The predicted molar refractivity (Wildman–Crippen MR) is 196 cm³/mol. The Labute approximate surface area is 294 Å². The molecule has 9 nitrogen and oxygen atoms in total. The zero-order valence-electron chi connectivity index (χ0n) is 26.2. The lowest BCUT2D eigenvalue weighted by atomic mass is 10.1. The van der Waals surface area contributed by atoms with E-state index in [1.807, 2.05) is 35.7 Å². The van der Waals surface area contributed by atoms with Gasteiger partial charge in [0, 0.05) is 37.1 Å². The Morgan fingerprint density at radius 1 is 0.896 bits per heavy atom. The van der Waals surface area contributed by atoms with Crippen LogP contribution in [0.4, 0.5) is 10.8 Å². The molecule has 3 amide bonds. The topological polar surface area (TPSA) is 119 Å². The number of rotatable bonds is 12. The highest BCUT2D eigenvalue weighted by Crippen LogP contribution is 2.30. The molecule has 0 spiro atoms. The van der Waals surface area contributed by atoms with Gasteiger partial charge in [-0.05, 0) is 73.7 Å². The number of carbonyl (C=O) groups excluding carboxylic acids is 3. The fraction of sp³-hybridized carbons (Fsp3) is 0.111. The van der Waals surface area contributed by atoms with Gasteiger partial charge in [-0.25, -0.2) is 4.98 Å². The van der Waals surface area contributed by atoms with Crippen LogP contribution in [0.15, 0.2) is 118 Å². The van der Waals surface area contributed by atoms with Gasteiger partial charge in [-0.15, -0.1) is 23.1 Å². The Kier molecular flexibility index (Phi) is 11.7. The molecular formula is C36H31BrN4O5S2. The van der Waals surface area contributed by atoms with Gasteiger partial charge in [-0.2, -0.15) is 0 Å². The lowest BCUT2D eigenvalue weighted by molar-refractivity contribution is -0.115. The highest BCUT2D eigenvalue weighted by Gasteiger charge is 2.19. The van der Waals surface area contributed by atoms with E-state index < -0.39 is 17.1 Å². The minimum absolute atomic E-state index is 0.00726. The summed E-state index contributed by atoms with van der Waals surface area (Å²) in [6, 6.07) is 28.7. The van der Waals surface area contributed by atoms with Gasteiger partial charge < -0.3 is 25.4 Å². The van der Waals surface area contributed by atoms with Crippen LogP contribution < -0.4 is 25.4 Å². The Bertz CT molecular complexity index is 1950. The molecule has 244 valence electrons. The number of hydrogen-bond donors (Lipinski definition) is 3. The van der Waals surface area contributed by atoms with Crippen molar-refractivity contribution in [3.63, 3.8) is 0 Å². The van der Waals surface area contributed by atoms with Crippen LogP contribution >= 0.6 is 39.0 Å². The van der Waals surface area contributed by atoms with Crippen LogP contribution in [0, 0.1) is 0 Å². The van der Waals surface area contributed by atoms with Crippen molar-refractivity contribution in [1.82, 2.24) is 10.3 Å². The molecule has 4 aromatic carbocycles. The SMILES string of the molecule is COc1ccc(OC)c(/C=C(/NC(=O)c2ccccc2)C(=O)Nc2cccc(SC(C)C(=O)Nc3nc(-c4ccc(Br)cc4)cs3)c2)c1. The first kappa shape index (κ1) is 34.4. The van der Waals surface area contributed by atoms with Crippen LogP contribution in [0.3, 0.4) is 0 Å². The molecule has 1 heterocycles. The van der Waals surface area contributed by atoms with Crippen molar-refractivity contribution in [2.45, 2.75) is 17.1 Å². The number of thiazole rings is 1. The smallest absolute Gasteiger partial charge is 0.272 e. The van der Waals surface area contributed by atoms with E-state index in [2.05, 4.69) is 36.9 Å². The number of aromatic nitrogens is 1. The summed E-state index contributed by atoms with van der Waals surface area (Å²) in [6.45, 7) is 1.80. The van der Waals surface area contributed by atoms with E-state index in [-0.39, 0.29) is 11.6 Å². The van der Waals surface area contributed by atoms with E-state index >= 15 is 0 Å². The molecule has 3 N–H and O–H groups in total. The number of anilines is 2. The Hall–Kier alpha value is -4.91. The summed E-state index contributed by atoms with van der Waals surface area (Å²) in [5.41, 5.74) is 3.13. The van der Waals surface area contributed by atoms with Crippen molar-refractivity contribution in [3.8, 4) is 22.8 Å². The van der Waals surface area contributed by atoms with Gasteiger partial charge >= 0.3 is 0 Å². The maximum Gasteiger partial charge on any atom is 0.272 e. The highest BCUT2D eigenvalue weighted by atomic mass is 79.9. The molecule has 5 rings (SSSR count). The van der Waals surface area contributed by atoms with Crippen molar-refractivity contribution in [2.75, 3.05) is 24.9 Å². The van der Waals surface area contributed by atoms with Crippen LogP contribution in [-0.4, -0.2) is 42.2 Å². The summed E-state index contributed by atoms with van der Waals surface area (Å²) in [7, 11) is 3.06. The number of carbonyl (C=O) groups is 3. The molecule has 0 saturated heterocycles. The lowest BCUT2D eigenvalue weighted by Crippen LogP contribution is -2.30. The molecule has 48 heavy (non-hydrogen) atoms. The monoisotopic (exact) mass is 742 g/mol. The van der Waals surface area contributed by atoms with Gasteiger partial charge in [-0.1, -0.05) is 52.3 Å². The van der Waals surface area contributed by atoms with Gasteiger partial charge in [-0.3, -0.25) is 14.4 Å². The van der Waals surface area contributed by atoms with Crippen molar-refractivity contribution < 1.29 is 23.9 Å². The highest BCUT2D eigenvalue weighted by molar-refractivity contribution is 9.10. The number of thioether (sulfide) groups is 1. The number of amides is 3. The summed E-state index contributed by atoms with van der Waals surface area (Å²) >= 11 is 6.13. The lowest BCUT2D eigenvalue weighted by Gasteiger charge is -2.14. The normalized spacial score (nSPS) is 11.7. The van der Waals surface area contributed by atoms with Gasteiger partial charge in [0.15, 0.2) is 5.13 Å². The van der Waals surface area contributed by atoms with Gasteiger partial charge in [0.1, 0.15) is 17.2 Å². The maximum absolute atomic E-state index is 13.7. The minimum Gasteiger partial charge on any atom is -0.497 e. The van der Waals surface area contributed by atoms with Gasteiger partial charge in [0.25, 0.3) is 11.8 Å². The molecule has 1 aromatic heterocycles. The molecule has 0 saturated carbocycles. The molecule has 0 bridgehead atoms. The van der Waals surface area contributed by atoms with E-state index in [1.165, 1.54) is 43.4 Å². The second kappa shape index (κ2) is 16.3. The van der Waals surface area contributed by atoms with E-state index in [9.17, 15) is 14.4 Å². The Balaban J connectivity index is 1.29. The average molecular weight is 744 g/mol. The quantitative estimate of drug-likeness (QED) is 0.0873. The van der Waals surface area contributed by atoms with Crippen molar-refractivity contribution in [2.24, 2.45) is 0 Å². The summed E-state index contributed by atoms with van der Waals surface area (Å²) in [6.07, 6.45) is 1.53. The largest absolute Gasteiger partial charge is 0.497 e. The Morgan fingerprint density at radius 2 is 1.67 bits per heavy atom. The third-order valence-corrected chi connectivity index (χ3v) is 9.29. The molecule has 0 fully saturated rings. The molecule has 12 heteroatoms. The molecule has 0 aliphatic heterocycles. The average Bonchev–Trinajstić information content (AvgIpc) is 3.57. The van der Waals surface area contributed by atoms with Crippen LogP contribution in [0.5, 0.6) is 11.5 Å². The van der Waals surface area contributed by atoms with Crippen LogP contribution in [-0.2, 0) is 9.59 Å². The van der Waals surface area contributed by atoms with Crippen LogP contribution in [0.25, 0.3) is 17.3 Å². The molecule has 0 aliphatic rings. The maximum atomic E-state index is 13.7. The number of nitrogens with one attached hydrogen (secondary N) is 3. The molecule has 0 radical (unpaired) electrons. The fourth-order valence-corrected chi connectivity index (χ4v) is 6.36. The molecule has 0 aliphatic carbocycles. The standard InChI is InChI=1S/C36H31BrN4O5S2/c1-22(33(42)41-36-40-31(21-47-36)23-12-14-26(37)15-13-23)48-29-11-7-10-27(20-29)38-35(44)30(39-34(43)24-8-5-4-6-9-24)19-25-18-28(45-2)16-17-32(25)46-3/h4-22H,1-3H3,(H,38,44)(H,39,43)(H,40,41,42)/b30-19+. The second-order valence-corrected chi connectivity index (χ2v) is 13.5. The van der Waals surface area contributed by atoms with E-state index in [0.717, 1.165) is 20.6 Å². The summed E-state index contributed by atoms with van der Waals surface area (Å²) in [4.78, 5) is 45.1. The third-order valence-electron chi connectivity index (χ3n) is 6.91. The first-order valence-electron chi connectivity index (χ1n) is 14.6. The summed E-state index contributed by atoms with van der Waals surface area (Å²) in [5.74, 6) is -0.163. The number of nitrogens with zero attached hydrogens (tertiary/aromatic N) is 1. The predicted octanol–water partition coefficient (Wildman–Crippen LogP) is 8.12.